The van der Waals surface area contributed by atoms with E-state index >= 15 is 0 Å². The molecule has 3 aromatic rings. The standard InChI is InChI=1S/C26H30N4O3/c1-32-24-17-21(29-13-15-33-16-14-29)12-11-20(24)18-27-30-25(19-7-3-2-4-8-19)28-23-10-6-5-9-22(23)26(30)31/h5-6,9-12,17-19H,2-4,7-8,13-16H2,1H3. The van der Waals surface area contributed by atoms with E-state index in [-0.39, 0.29) is 11.5 Å². The number of methoxy groups -OCH3 is 1. The predicted molar refractivity (Wildman–Crippen MR) is 131 cm³/mol. The number of anilines is 1. The van der Waals surface area contributed by atoms with Gasteiger partial charge in [-0.1, -0.05) is 31.4 Å². The van der Waals surface area contributed by atoms with Gasteiger partial charge >= 0.3 is 0 Å². The maximum Gasteiger partial charge on any atom is 0.282 e. The zero-order valence-corrected chi connectivity index (χ0v) is 19.1. The molecule has 2 heterocycles. The van der Waals surface area contributed by atoms with Crippen molar-refractivity contribution in [2.24, 2.45) is 5.10 Å². The van der Waals surface area contributed by atoms with Crippen molar-refractivity contribution in [1.82, 2.24) is 9.66 Å². The Bertz CT molecular complexity index is 1210. The molecular weight excluding hydrogens is 416 g/mol. The highest BCUT2D eigenvalue weighted by Crippen LogP contribution is 2.32. The van der Waals surface area contributed by atoms with Gasteiger partial charge in [0.05, 0.1) is 37.4 Å². The second kappa shape index (κ2) is 9.75. The monoisotopic (exact) mass is 446 g/mol. The first-order valence-corrected chi connectivity index (χ1v) is 11.8. The van der Waals surface area contributed by atoms with E-state index in [9.17, 15) is 4.79 Å². The van der Waals surface area contributed by atoms with E-state index in [0.29, 0.717) is 5.39 Å². The SMILES string of the molecule is COc1cc(N2CCOCC2)ccc1C=Nn1c(C2CCCCC2)nc2ccccc2c1=O. The van der Waals surface area contributed by atoms with Crippen LogP contribution >= 0.6 is 0 Å². The van der Waals surface area contributed by atoms with E-state index in [1.807, 2.05) is 36.4 Å². The van der Waals surface area contributed by atoms with Gasteiger partial charge < -0.3 is 14.4 Å². The summed E-state index contributed by atoms with van der Waals surface area (Å²) in [5.74, 6) is 1.74. The average molecular weight is 447 g/mol. The molecule has 0 amide bonds. The summed E-state index contributed by atoms with van der Waals surface area (Å²) in [6, 6.07) is 13.6. The summed E-state index contributed by atoms with van der Waals surface area (Å²) in [5, 5.41) is 5.24. The smallest absolute Gasteiger partial charge is 0.282 e. The third-order valence-corrected chi connectivity index (χ3v) is 6.65. The zero-order chi connectivity index (χ0) is 22.6. The van der Waals surface area contributed by atoms with E-state index in [1.165, 1.54) is 11.1 Å². The Kier molecular flexibility index (Phi) is 6.39. The van der Waals surface area contributed by atoms with Gasteiger partial charge in [0.15, 0.2) is 0 Å². The fourth-order valence-electron chi connectivity index (χ4n) is 4.82. The molecule has 1 aromatic heterocycles. The molecule has 7 nitrogen and oxygen atoms in total. The highest BCUT2D eigenvalue weighted by molar-refractivity contribution is 5.85. The molecule has 2 aliphatic rings. The average Bonchev–Trinajstić information content (AvgIpc) is 2.89. The molecule has 1 aliphatic heterocycles. The van der Waals surface area contributed by atoms with Crippen molar-refractivity contribution >= 4 is 22.8 Å². The third kappa shape index (κ3) is 4.50. The van der Waals surface area contributed by atoms with Crippen LogP contribution in [0.25, 0.3) is 10.9 Å². The van der Waals surface area contributed by atoms with Crippen LogP contribution in [0.4, 0.5) is 5.69 Å². The molecule has 1 saturated carbocycles. The summed E-state index contributed by atoms with van der Waals surface area (Å²) in [5.41, 5.74) is 2.53. The van der Waals surface area contributed by atoms with E-state index in [4.69, 9.17) is 14.5 Å². The number of hydrogen-bond acceptors (Lipinski definition) is 6. The number of aromatic nitrogens is 2. The Morgan fingerprint density at radius 3 is 2.67 bits per heavy atom. The molecule has 7 heteroatoms. The molecule has 0 radical (unpaired) electrons. The highest BCUT2D eigenvalue weighted by atomic mass is 16.5. The first kappa shape index (κ1) is 21.6. The van der Waals surface area contributed by atoms with Gasteiger partial charge in [0.25, 0.3) is 5.56 Å². The lowest BCUT2D eigenvalue weighted by molar-refractivity contribution is 0.122. The Morgan fingerprint density at radius 2 is 1.88 bits per heavy atom. The van der Waals surface area contributed by atoms with Crippen molar-refractivity contribution in [2.45, 2.75) is 38.0 Å². The van der Waals surface area contributed by atoms with Gasteiger partial charge in [-0.25, -0.2) is 4.98 Å². The van der Waals surface area contributed by atoms with Gasteiger partial charge in [-0.15, -0.1) is 0 Å². The van der Waals surface area contributed by atoms with Crippen molar-refractivity contribution in [1.29, 1.82) is 0 Å². The number of nitrogens with zero attached hydrogens (tertiary/aromatic N) is 4. The van der Waals surface area contributed by atoms with Gasteiger partial charge in [0, 0.05) is 36.3 Å². The van der Waals surface area contributed by atoms with Crippen LogP contribution < -0.4 is 15.2 Å². The van der Waals surface area contributed by atoms with Crippen LogP contribution in [0.2, 0.25) is 0 Å². The van der Waals surface area contributed by atoms with Crippen molar-refractivity contribution in [3.63, 3.8) is 0 Å². The molecule has 172 valence electrons. The second-order valence-corrected chi connectivity index (χ2v) is 8.71. The molecule has 2 fully saturated rings. The molecule has 0 unspecified atom stereocenters. The molecule has 0 atom stereocenters. The lowest BCUT2D eigenvalue weighted by Crippen LogP contribution is -2.36. The molecule has 0 N–H and O–H groups in total. The van der Waals surface area contributed by atoms with Gasteiger partial charge in [0.1, 0.15) is 11.6 Å². The van der Waals surface area contributed by atoms with Crippen LogP contribution in [0, 0.1) is 0 Å². The minimum absolute atomic E-state index is 0.124. The molecule has 5 rings (SSSR count). The number of rotatable bonds is 5. The quantitative estimate of drug-likeness (QED) is 0.550. The lowest BCUT2D eigenvalue weighted by atomic mass is 9.88. The second-order valence-electron chi connectivity index (χ2n) is 8.71. The number of ether oxygens (including phenoxy) is 2. The van der Waals surface area contributed by atoms with Crippen LogP contribution in [0.5, 0.6) is 5.75 Å². The van der Waals surface area contributed by atoms with E-state index in [0.717, 1.165) is 80.3 Å². The lowest BCUT2D eigenvalue weighted by Gasteiger charge is -2.29. The van der Waals surface area contributed by atoms with Crippen molar-refractivity contribution in [3.05, 3.63) is 64.2 Å². The minimum Gasteiger partial charge on any atom is -0.496 e. The van der Waals surface area contributed by atoms with Gasteiger partial charge in [-0.2, -0.15) is 9.78 Å². The number of fused-ring (bicyclic) bond motifs is 1. The predicted octanol–water partition coefficient (Wildman–Crippen LogP) is 4.17. The summed E-state index contributed by atoms with van der Waals surface area (Å²) in [7, 11) is 1.66. The maximum atomic E-state index is 13.4. The van der Waals surface area contributed by atoms with Crippen LogP contribution in [0.15, 0.2) is 52.4 Å². The Morgan fingerprint density at radius 1 is 1.09 bits per heavy atom. The number of para-hydroxylation sites is 1. The van der Waals surface area contributed by atoms with Crippen molar-refractivity contribution in [3.8, 4) is 5.75 Å². The van der Waals surface area contributed by atoms with Crippen molar-refractivity contribution < 1.29 is 9.47 Å². The Hall–Kier alpha value is -3.19. The molecule has 1 aliphatic carbocycles. The Labute approximate surface area is 193 Å². The molecular formula is C26H30N4O3. The number of morpholine rings is 1. The van der Waals surface area contributed by atoms with Crippen LogP contribution in [0.3, 0.4) is 0 Å². The summed E-state index contributed by atoms with van der Waals surface area (Å²) >= 11 is 0. The first-order chi connectivity index (χ1) is 16.2. The summed E-state index contributed by atoms with van der Waals surface area (Å²) in [4.78, 5) is 20.6. The van der Waals surface area contributed by atoms with Crippen LogP contribution in [0.1, 0.15) is 49.4 Å². The largest absolute Gasteiger partial charge is 0.496 e. The highest BCUT2D eigenvalue weighted by Gasteiger charge is 2.22. The number of hydrogen-bond donors (Lipinski definition) is 0. The van der Waals surface area contributed by atoms with Crippen LogP contribution in [-0.4, -0.2) is 49.3 Å². The molecule has 0 bridgehead atoms. The topological polar surface area (TPSA) is 69.0 Å². The van der Waals surface area contributed by atoms with E-state index in [1.54, 1.807) is 13.3 Å². The Balaban J connectivity index is 1.53. The first-order valence-electron chi connectivity index (χ1n) is 11.8. The van der Waals surface area contributed by atoms with E-state index < -0.39 is 0 Å². The van der Waals surface area contributed by atoms with Gasteiger partial charge in [0.2, 0.25) is 0 Å². The summed E-state index contributed by atoms with van der Waals surface area (Å²) in [6.07, 6.45) is 7.36. The summed E-state index contributed by atoms with van der Waals surface area (Å²) in [6.45, 7) is 3.18. The molecule has 2 aromatic carbocycles. The third-order valence-electron chi connectivity index (χ3n) is 6.65. The fraction of sp³-hybridized carbons (Fsp3) is 0.423. The fourth-order valence-corrected chi connectivity index (χ4v) is 4.82. The molecule has 33 heavy (non-hydrogen) atoms. The molecule has 1 saturated heterocycles. The van der Waals surface area contributed by atoms with Gasteiger partial charge in [-0.05, 0) is 37.1 Å². The minimum atomic E-state index is -0.124. The number of benzene rings is 2. The maximum absolute atomic E-state index is 13.4. The normalized spacial score (nSPS) is 17.7. The summed E-state index contributed by atoms with van der Waals surface area (Å²) < 4.78 is 12.6. The van der Waals surface area contributed by atoms with Crippen molar-refractivity contribution in [2.75, 3.05) is 38.3 Å². The van der Waals surface area contributed by atoms with E-state index in [2.05, 4.69) is 16.1 Å². The zero-order valence-electron chi connectivity index (χ0n) is 19.1. The van der Waals surface area contributed by atoms with Gasteiger partial charge in [-0.3, -0.25) is 4.79 Å². The van der Waals surface area contributed by atoms with Crippen LogP contribution in [-0.2, 0) is 4.74 Å². The molecule has 0 spiro atoms.